The molecule has 1 aliphatic rings. The third kappa shape index (κ3) is 4.71. The summed E-state index contributed by atoms with van der Waals surface area (Å²) in [6.45, 7) is 6.77. The smallest absolute Gasteiger partial charge is 0.266 e. The van der Waals surface area contributed by atoms with Gasteiger partial charge in [0.2, 0.25) is 11.8 Å². The van der Waals surface area contributed by atoms with E-state index >= 15 is 0 Å². The summed E-state index contributed by atoms with van der Waals surface area (Å²) in [5.74, 6) is -0.439. The SMILES string of the molecule is C=C[C@@H]1C[C@]1(C)C(=O)NS(=O)(=O)c1cc(COc2ccccc2)ccc1NC(C)=O. The average Bonchev–Trinajstić information content (AvgIpc) is 3.39. The monoisotopic (exact) mass is 428 g/mol. The van der Waals surface area contributed by atoms with Crippen LogP contribution >= 0.6 is 0 Å². The summed E-state index contributed by atoms with van der Waals surface area (Å²) < 4.78 is 33.8. The molecule has 1 fully saturated rings. The Morgan fingerprint density at radius 2 is 1.93 bits per heavy atom. The molecule has 0 aliphatic heterocycles. The third-order valence-electron chi connectivity index (χ3n) is 5.13. The van der Waals surface area contributed by atoms with E-state index in [1.54, 1.807) is 31.2 Å². The second-order valence-corrected chi connectivity index (χ2v) is 9.16. The second-order valence-electron chi connectivity index (χ2n) is 7.51. The lowest BCUT2D eigenvalue weighted by Gasteiger charge is -2.16. The van der Waals surface area contributed by atoms with Crippen molar-refractivity contribution in [2.24, 2.45) is 11.3 Å². The molecule has 2 atom stereocenters. The minimum absolute atomic E-state index is 0.0619. The first-order valence-electron chi connectivity index (χ1n) is 9.44. The molecule has 2 aromatic carbocycles. The number of rotatable bonds is 8. The predicted molar refractivity (Wildman–Crippen MR) is 113 cm³/mol. The van der Waals surface area contributed by atoms with Gasteiger partial charge in [0, 0.05) is 6.92 Å². The largest absolute Gasteiger partial charge is 0.489 e. The molecule has 1 saturated carbocycles. The van der Waals surface area contributed by atoms with Crippen LogP contribution < -0.4 is 14.8 Å². The maximum Gasteiger partial charge on any atom is 0.266 e. The summed E-state index contributed by atoms with van der Waals surface area (Å²) in [5.41, 5.74) is -0.133. The van der Waals surface area contributed by atoms with Crippen LogP contribution in [0.1, 0.15) is 25.8 Å². The van der Waals surface area contributed by atoms with Crippen molar-refractivity contribution >= 4 is 27.5 Å². The maximum atomic E-state index is 13.0. The maximum absolute atomic E-state index is 13.0. The van der Waals surface area contributed by atoms with Crippen molar-refractivity contribution in [3.8, 4) is 5.75 Å². The normalized spacial score (nSPS) is 20.1. The minimum atomic E-state index is -4.22. The summed E-state index contributed by atoms with van der Waals surface area (Å²) >= 11 is 0. The summed E-state index contributed by atoms with van der Waals surface area (Å²) in [6.07, 6.45) is 2.19. The van der Waals surface area contributed by atoms with Crippen LogP contribution in [0, 0.1) is 11.3 Å². The zero-order valence-electron chi connectivity index (χ0n) is 16.8. The van der Waals surface area contributed by atoms with Gasteiger partial charge in [-0.25, -0.2) is 13.1 Å². The van der Waals surface area contributed by atoms with Crippen LogP contribution in [0.25, 0.3) is 0 Å². The van der Waals surface area contributed by atoms with E-state index in [4.69, 9.17) is 4.74 Å². The van der Waals surface area contributed by atoms with E-state index in [0.29, 0.717) is 17.7 Å². The zero-order valence-corrected chi connectivity index (χ0v) is 17.7. The molecule has 0 unspecified atom stereocenters. The number of carbonyl (C=O) groups is 2. The highest BCUT2D eigenvalue weighted by Gasteiger charge is 2.55. The van der Waals surface area contributed by atoms with Crippen LogP contribution in [0.3, 0.4) is 0 Å². The van der Waals surface area contributed by atoms with Gasteiger partial charge in [0.15, 0.2) is 0 Å². The molecule has 0 bridgehead atoms. The topological polar surface area (TPSA) is 102 Å². The van der Waals surface area contributed by atoms with Gasteiger partial charge in [-0.3, -0.25) is 9.59 Å². The van der Waals surface area contributed by atoms with E-state index in [2.05, 4.69) is 16.6 Å². The Bertz CT molecular complexity index is 1080. The molecule has 0 heterocycles. The quantitative estimate of drug-likeness (QED) is 0.629. The van der Waals surface area contributed by atoms with Gasteiger partial charge < -0.3 is 10.1 Å². The van der Waals surface area contributed by atoms with Gasteiger partial charge in [-0.15, -0.1) is 6.58 Å². The van der Waals surface area contributed by atoms with Crippen LogP contribution in [0.5, 0.6) is 5.75 Å². The highest BCUT2D eigenvalue weighted by molar-refractivity contribution is 7.90. The molecule has 2 amide bonds. The van der Waals surface area contributed by atoms with E-state index in [0.717, 1.165) is 0 Å². The summed E-state index contributed by atoms with van der Waals surface area (Å²) in [7, 11) is -4.22. The molecule has 0 spiro atoms. The van der Waals surface area contributed by atoms with E-state index in [1.165, 1.54) is 19.1 Å². The van der Waals surface area contributed by atoms with Crippen LogP contribution in [0.4, 0.5) is 5.69 Å². The predicted octanol–water partition coefficient (Wildman–Crippen LogP) is 3.24. The molecule has 158 valence electrons. The number of amides is 2. The number of nitrogens with one attached hydrogen (secondary N) is 2. The van der Waals surface area contributed by atoms with Crippen LogP contribution in [-0.2, 0) is 26.2 Å². The fourth-order valence-electron chi connectivity index (χ4n) is 3.15. The number of ether oxygens (including phenoxy) is 1. The number of anilines is 1. The highest BCUT2D eigenvalue weighted by Crippen LogP contribution is 2.53. The fraction of sp³-hybridized carbons (Fsp3) is 0.273. The Kier molecular flexibility index (Phi) is 5.98. The van der Waals surface area contributed by atoms with Crippen LogP contribution in [-0.4, -0.2) is 20.2 Å². The van der Waals surface area contributed by atoms with Crippen molar-refractivity contribution in [2.75, 3.05) is 5.32 Å². The molecule has 0 aromatic heterocycles. The molecule has 2 N–H and O–H groups in total. The van der Waals surface area contributed by atoms with Crippen molar-refractivity contribution < 1.29 is 22.7 Å². The first kappa shape index (κ1) is 21.6. The lowest BCUT2D eigenvalue weighted by atomic mass is 10.1. The second kappa shape index (κ2) is 8.31. The number of carbonyl (C=O) groups excluding carboxylic acids is 2. The Morgan fingerprint density at radius 3 is 2.53 bits per heavy atom. The summed E-state index contributed by atoms with van der Waals surface area (Å²) in [5, 5.41) is 2.50. The van der Waals surface area contributed by atoms with Crippen LogP contribution in [0.15, 0.2) is 66.1 Å². The van der Waals surface area contributed by atoms with Gasteiger partial charge in [0.05, 0.1) is 11.1 Å². The van der Waals surface area contributed by atoms with Gasteiger partial charge in [-0.05, 0) is 42.2 Å². The van der Waals surface area contributed by atoms with Gasteiger partial charge >= 0.3 is 0 Å². The first-order chi connectivity index (χ1) is 14.2. The molecular formula is C22H24N2O5S. The molecule has 0 saturated heterocycles. The Morgan fingerprint density at radius 1 is 1.23 bits per heavy atom. The molecule has 0 radical (unpaired) electrons. The molecule has 2 aromatic rings. The Labute approximate surface area is 176 Å². The fourth-order valence-corrected chi connectivity index (χ4v) is 4.45. The number of hydrogen-bond acceptors (Lipinski definition) is 5. The standard InChI is InChI=1S/C22H24N2O5S/c1-4-17-13-22(17,3)21(26)24-30(27,28)20-12-16(10-11-19(20)23-15(2)25)14-29-18-8-6-5-7-9-18/h4-12,17H,1,13-14H2,2-3H3,(H,23,25)(H,24,26)/t17-,22+/m1/s1. The molecule has 30 heavy (non-hydrogen) atoms. The minimum Gasteiger partial charge on any atom is -0.489 e. The third-order valence-corrected chi connectivity index (χ3v) is 6.50. The highest BCUT2D eigenvalue weighted by atomic mass is 32.2. The zero-order chi connectivity index (χ0) is 21.9. The number of hydrogen-bond donors (Lipinski definition) is 2. The van der Waals surface area contributed by atoms with E-state index in [-0.39, 0.29) is 23.1 Å². The van der Waals surface area contributed by atoms with E-state index in [1.807, 2.05) is 18.2 Å². The Balaban J connectivity index is 1.86. The Hall–Kier alpha value is -3.13. The van der Waals surface area contributed by atoms with Crippen molar-refractivity contribution in [2.45, 2.75) is 31.8 Å². The van der Waals surface area contributed by atoms with Gasteiger partial charge in [-0.1, -0.05) is 37.3 Å². The van der Waals surface area contributed by atoms with Crippen molar-refractivity contribution in [3.63, 3.8) is 0 Å². The number of allylic oxidation sites excluding steroid dienone is 1. The number of para-hydroxylation sites is 1. The molecule has 3 rings (SSSR count). The van der Waals surface area contributed by atoms with Crippen molar-refractivity contribution in [3.05, 3.63) is 66.7 Å². The van der Waals surface area contributed by atoms with E-state index < -0.39 is 27.3 Å². The lowest BCUT2D eigenvalue weighted by Crippen LogP contribution is -2.36. The van der Waals surface area contributed by atoms with Crippen LogP contribution in [0.2, 0.25) is 0 Å². The van der Waals surface area contributed by atoms with Gasteiger partial charge in [0.25, 0.3) is 10.0 Å². The summed E-state index contributed by atoms with van der Waals surface area (Å²) in [4.78, 5) is 23.9. The lowest BCUT2D eigenvalue weighted by molar-refractivity contribution is -0.124. The molecular weight excluding hydrogens is 404 g/mol. The van der Waals surface area contributed by atoms with E-state index in [9.17, 15) is 18.0 Å². The molecule has 1 aliphatic carbocycles. The number of sulfonamides is 1. The van der Waals surface area contributed by atoms with Crippen molar-refractivity contribution in [1.29, 1.82) is 0 Å². The molecule has 8 heteroatoms. The van der Waals surface area contributed by atoms with Gasteiger partial charge in [-0.2, -0.15) is 0 Å². The average molecular weight is 429 g/mol. The summed E-state index contributed by atoms with van der Waals surface area (Å²) in [6, 6.07) is 13.6. The number of benzene rings is 2. The van der Waals surface area contributed by atoms with Gasteiger partial charge in [0.1, 0.15) is 17.3 Å². The first-order valence-corrected chi connectivity index (χ1v) is 10.9. The van der Waals surface area contributed by atoms with Crippen molar-refractivity contribution in [1.82, 2.24) is 4.72 Å². The molecule has 7 nitrogen and oxygen atoms in total.